The molecule has 0 spiro atoms. The van der Waals surface area contributed by atoms with Crippen molar-refractivity contribution in [3.05, 3.63) is 0 Å². The average molecular weight is 215 g/mol. The molecule has 0 heterocycles. The van der Waals surface area contributed by atoms with Gasteiger partial charge >= 0.3 is 5.97 Å². The van der Waals surface area contributed by atoms with Crippen LogP contribution in [0.3, 0.4) is 0 Å². The van der Waals surface area contributed by atoms with E-state index in [0.29, 0.717) is 0 Å². The molecule has 0 aliphatic heterocycles. The lowest BCUT2D eigenvalue weighted by atomic mass is 9.88. The molecule has 0 saturated heterocycles. The minimum Gasteiger partial charge on any atom is -0.468 e. The molecule has 0 radical (unpaired) electrons. The van der Waals surface area contributed by atoms with Crippen LogP contribution in [0.25, 0.3) is 0 Å². The average Bonchev–Trinajstić information content (AvgIpc) is 2.25. The van der Waals surface area contributed by atoms with E-state index < -0.39 is 5.54 Å². The van der Waals surface area contributed by atoms with E-state index in [9.17, 15) is 4.79 Å². The Kier molecular flexibility index (Phi) is 7.39. The zero-order valence-corrected chi connectivity index (χ0v) is 10.6. The van der Waals surface area contributed by atoms with Gasteiger partial charge in [0.25, 0.3) is 0 Å². The van der Waals surface area contributed by atoms with Gasteiger partial charge in [-0.2, -0.15) is 0 Å². The Hall–Kier alpha value is -0.570. The number of rotatable bonds is 8. The summed E-state index contributed by atoms with van der Waals surface area (Å²) >= 11 is 0. The standard InChI is InChI=1S/C12H25NO2/c1-5-8-12(9-6-2,11(14)15-4)13-10-7-3/h13H,5-10H2,1-4H3. The van der Waals surface area contributed by atoms with Crippen LogP contribution < -0.4 is 5.32 Å². The molecule has 3 nitrogen and oxygen atoms in total. The fraction of sp³-hybridized carbons (Fsp3) is 0.917. The molecule has 0 saturated carbocycles. The quantitative estimate of drug-likeness (QED) is 0.632. The molecule has 0 fully saturated rings. The molecular formula is C12H25NO2. The number of hydrogen-bond acceptors (Lipinski definition) is 3. The first-order valence-corrected chi connectivity index (χ1v) is 6.00. The Morgan fingerprint density at radius 3 is 2.00 bits per heavy atom. The fourth-order valence-electron chi connectivity index (χ4n) is 1.99. The highest BCUT2D eigenvalue weighted by atomic mass is 16.5. The van der Waals surface area contributed by atoms with Gasteiger partial charge in [0.15, 0.2) is 0 Å². The molecule has 0 aromatic heterocycles. The second-order valence-corrected chi connectivity index (χ2v) is 4.00. The number of hydrogen-bond donors (Lipinski definition) is 1. The van der Waals surface area contributed by atoms with E-state index in [0.717, 1.165) is 38.6 Å². The van der Waals surface area contributed by atoms with Crippen molar-refractivity contribution >= 4 is 5.97 Å². The maximum atomic E-state index is 11.8. The summed E-state index contributed by atoms with van der Waals surface area (Å²) < 4.78 is 4.92. The van der Waals surface area contributed by atoms with Crippen molar-refractivity contribution < 1.29 is 9.53 Å². The summed E-state index contributed by atoms with van der Waals surface area (Å²) in [5.74, 6) is -0.111. The van der Waals surface area contributed by atoms with Gasteiger partial charge in [0.2, 0.25) is 0 Å². The third kappa shape index (κ3) is 4.20. The van der Waals surface area contributed by atoms with Gasteiger partial charge in [0.05, 0.1) is 7.11 Å². The van der Waals surface area contributed by atoms with Gasteiger partial charge in [0, 0.05) is 0 Å². The lowest BCUT2D eigenvalue weighted by Gasteiger charge is -2.31. The molecule has 0 amide bonds. The number of esters is 1. The highest BCUT2D eigenvalue weighted by molar-refractivity contribution is 5.80. The van der Waals surface area contributed by atoms with Crippen LogP contribution in [0.5, 0.6) is 0 Å². The maximum Gasteiger partial charge on any atom is 0.326 e. The Morgan fingerprint density at radius 1 is 1.13 bits per heavy atom. The maximum absolute atomic E-state index is 11.8. The summed E-state index contributed by atoms with van der Waals surface area (Å²) in [6.45, 7) is 7.17. The largest absolute Gasteiger partial charge is 0.468 e. The normalized spacial score (nSPS) is 11.5. The molecule has 0 atom stereocenters. The van der Waals surface area contributed by atoms with Crippen molar-refractivity contribution in [1.82, 2.24) is 5.32 Å². The van der Waals surface area contributed by atoms with Gasteiger partial charge in [0.1, 0.15) is 5.54 Å². The third-order valence-electron chi connectivity index (χ3n) is 2.64. The summed E-state index contributed by atoms with van der Waals surface area (Å²) in [5, 5.41) is 3.36. The van der Waals surface area contributed by atoms with E-state index in [1.807, 2.05) is 0 Å². The molecule has 0 unspecified atom stereocenters. The number of nitrogens with one attached hydrogen (secondary N) is 1. The van der Waals surface area contributed by atoms with Gasteiger partial charge < -0.3 is 10.1 Å². The third-order valence-corrected chi connectivity index (χ3v) is 2.64. The number of carbonyl (C=O) groups excluding carboxylic acids is 1. The van der Waals surface area contributed by atoms with Crippen LogP contribution in [0.1, 0.15) is 52.9 Å². The first-order chi connectivity index (χ1) is 7.16. The Balaban J connectivity index is 4.62. The fourth-order valence-corrected chi connectivity index (χ4v) is 1.99. The predicted molar refractivity (Wildman–Crippen MR) is 62.9 cm³/mol. The summed E-state index contributed by atoms with van der Waals surface area (Å²) in [7, 11) is 1.47. The van der Waals surface area contributed by atoms with Gasteiger partial charge in [-0.15, -0.1) is 0 Å². The molecule has 0 aromatic rings. The SMILES string of the molecule is CCCNC(CCC)(CCC)C(=O)OC. The van der Waals surface area contributed by atoms with Gasteiger partial charge in [-0.3, -0.25) is 4.79 Å². The minimum absolute atomic E-state index is 0.111. The minimum atomic E-state index is -0.450. The van der Waals surface area contributed by atoms with Crippen molar-refractivity contribution in [1.29, 1.82) is 0 Å². The zero-order chi connectivity index (χ0) is 11.7. The first-order valence-electron chi connectivity index (χ1n) is 6.00. The van der Waals surface area contributed by atoms with Crippen molar-refractivity contribution in [2.75, 3.05) is 13.7 Å². The number of ether oxygens (including phenoxy) is 1. The Labute approximate surface area is 93.6 Å². The van der Waals surface area contributed by atoms with Crippen LogP contribution in [-0.2, 0) is 9.53 Å². The van der Waals surface area contributed by atoms with Crippen molar-refractivity contribution in [3.8, 4) is 0 Å². The molecular weight excluding hydrogens is 190 g/mol. The van der Waals surface area contributed by atoms with Crippen LogP contribution in [-0.4, -0.2) is 25.2 Å². The monoisotopic (exact) mass is 215 g/mol. The smallest absolute Gasteiger partial charge is 0.326 e. The molecule has 3 heteroatoms. The highest BCUT2D eigenvalue weighted by Crippen LogP contribution is 2.21. The van der Waals surface area contributed by atoms with Gasteiger partial charge in [-0.05, 0) is 25.8 Å². The topological polar surface area (TPSA) is 38.3 Å². The zero-order valence-electron chi connectivity index (χ0n) is 10.6. The Morgan fingerprint density at radius 2 is 1.67 bits per heavy atom. The summed E-state index contributed by atoms with van der Waals surface area (Å²) in [6.07, 6.45) is 4.73. The molecule has 0 aliphatic carbocycles. The number of carbonyl (C=O) groups is 1. The molecule has 90 valence electrons. The molecule has 0 rings (SSSR count). The van der Waals surface area contributed by atoms with E-state index in [1.54, 1.807) is 0 Å². The highest BCUT2D eigenvalue weighted by Gasteiger charge is 2.36. The predicted octanol–water partition coefficient (Wildman–Crippen LogP) is 2.50. The van der Waals surface area contributed by atoms with Gasteiger partial charge in [-0.1, -0.05) is 33.6 Å². The summed E-state index contributed by atoms with van der Waals surface area (Å²) in [5.41, 5.74) is -0.450. The van der Waals surface area contributed by atoms with Crippen LogP contribution in [0.15, 0.2) is 0 Å². The molecule has 1 N–H and O–H groups in total. The van der Waals surface area contributed by atoms with Gasteiger partial charge in [-0.25, -0.2) is 0 Å². The lowest BCUT2D eigenvalue weighted by Crippen LogP contribution is -2.52. The van der Waals surface area contributed by atoms with Crippen LogP contribution in [0.2, 0.25) is 0 Å². The summed E-state index contributed by atoms with van der Waals surface area (Å²) in [4.78, 5) is 11.8. The lowest BCUT2D eigenvalue weighted by molar-refractivity contribution is -0.149. The number of methoxy groups -OCH3 is 1. The summed E-state index contributed by atoms with van der Waals surface area (Å²) in [6, 6.07) is 0. The van der Waals surface area contributed by atoms with Crippen LogP contribution >= 0.6 is 0 Å². The van der Waals surface area contributed by atoms with Crippen molar-refractivity contribution in [2.24, 2.45) is 0 Å². The van der Waals surface area contributed by atoms with Crippen molar-refractivity contribution in [3.63, 3.8) is 0 Å². The van der Waals surface area contributed by atoms with E-state index in [1.165, 1.54) is 7.11 Å². The van der Waals surface area contributed by atoms with E-state index in [2.05, 4.69) is 26.1 Å². The van der Waals surface area contributed by atoms with Crippen LogP contribution in [0, 0.1) is 0 Å². The molecule has 0 aromatic carbocycles. The van der Waals surface area contributed by atoms with E-state index in [-0.39, 0.29) is 5.97 Å². The van der Waals surface area contributed by atoms with E-state index in [4.69, 9.17) is 4.74 Å². The molecule has 0 aliphatic rings. The Bertz CT molecular complexity index is 174. The molecule has 0 bridgehead atoms. The molecule has 15 heavy (non-hydrogen) atoms. The second-order valence-electron chi connectivity index (χ2n) is 4.00. The van der Waals surface area contributed by atoms with Crippen LogP contribution in [0.4, 0.5) is 0 Å². The first kappa shape index (κ1) is 14.4. The van der Waals surface area contributed by atoms with Crippen molar-refractivity contribution in [2.45, 2.75) is 58.4 Å². The van der Waals surface area contributed by atoms with E-state index >= 15 is 0 Å². The second kappa shape index (κ2) is 7.69.